The van der Waals surface area contributed by atoms with Crippen molar-refractivity contribution in [3.05, 3.63) is 23.8 Å². The van der Waals surface area contributed by atoms with E-state index < -0.39 is 0 Å². The topological polar surface area (TPSA) is 25.8 Å². The van der Waals surface area contributed by atoms with Gasteiger partial charge in [0.15, 0.2) is 0 Å². The minimum absolute atomic E-state index is 0.618. The molecule has 0 radical (unpaired) electrons. The first-order valence-corrected chi connectivity index (χ1v) is 11.1. The Hall–Kier alpha value is -0.920. The van der Waals surface area contributed by atoms with Gasteiger partial charge in [0.05, 0.1) is 0 Å². The van der Waals surface area contributed by atoms with Crippen molar-refractivity contribution in [1.29, 1.82) is 0 Å². The van der Waals surface area contributed by atoms with Crippen LogP contribution < -0.4 is 0 Å². The minimum atomic E-state index is 0.618. The number of hydrogen-bond donors (Lipinski definition) is 0. The van der Waals surface area contributed by atoms with Crippen LogP contribution in [-0.2, 0) is 6.42 Å². The lowest BCUT2D eigenvalue weighted by Gasteiger charge is -2.31. The molecule has 0 aliphatic heterocycles. The van der Waals surface area contributed by atoms with Crippen LogP contribution in [0.5, 0.6) is 0 Å². The van der Waals surface area contributed by atoms with Crippen LogP contribution in [-0.4, -0.2) is 9.97 Å². The fourth-order valence-electron chi connectivity index (χ4n) is 5.10. The van der Waals surface area contributed by atoms with Crippen LogP contribution >= 0.6 is 0 Å². The van der Waals surface area contributed by atoms with Crippen molar-refractivity contribution < 1.29 is 0 Å². The van der Waals surface area contributed by atoms with Crippen LogP contribution in [0.15, 0.2) is 12.4 Å². The van der Waals surface area contributed by atoms with Crippen molar-refractivity contribution in [1.82, 2.24) is 9.97 Å². The first-order valence-electron chi connectivity index (χ1n) is 11.1. The van der Waals surface area contributed by atoms with Crippen LogP contribution in [0.2, 0.25) is 0 Å². The normalized spacial score (nSPS) is 30.3. The predicted octanol–water partition coefficient (Wildman–Crippen LogP) is 6.70. The largest absolute Gasteiger partial charge is 0.241 e. The van der Waals surface area contributed by atoms with Gasteiger partial charge < -0.3 is 0 Å². The molecule has 0 N–H and O–H groups in total. The van der Waals surface area contributed by atoms with Gasteiger partial charge in [0, 0.05) is 18.3 Å². The number of aryl methyl sites for hydroxylation is 1. The molecule has 1 heterocycles. The quantitative estimate of drug-likeness (QED) is 0.551. The molecule has 0 spiro atoms. The first kappa shape index (κ1) is 18.9. The third kappa shape index (κ3) is 5.53. The van der Waals surface area contributed by atoms with Gasteiger partial charge in [-0.15, -0.1) is 0 Å². The molecule has 2 heteroatoms. The Morgan fingerprint density at radius 2 is 1.28 bits per heavy atom. The molecule has 0 aromatic carbocycles. The summed E-state index contributed by atoms with van der Waals surface area (Å²) in [6.07, 6.45) is 22.2. The molecule has 0 saturated heterocycles. The molecule has 1 aromatic heterocycles. The second-order valence-electron chi connectivity index (χ2n) is 8.79. The molecule has 0 unspecified atom stereocenters. The number of rotatable bonds is 7. The van der Waals surface area contributed by atoms with E-state index >= 15 is 0 Å². The summed E-state index contributed by atoms with van der Waals surface area (Å²) >= 11 is 0. The van der Waals surface area contributed by atoms with Gasteiger partial charge in [-0.3, -0.25) is 0 Å². The molecule has 2 aliphatic rings. The molecule has 2 nitrogen and oxygen atoms in total. The second kappa shape index (κ2) is 9.69. The zero-order chi connectivity index (χ0) is 17.5. The van der Waals surface area contributed by atoms with Gasteiger partial charge in [-0.25, -0.2) is 9.97 Å². The lowest BCUT2D eigenvalue weighted by molar-refractivity contribution is 0.226. The second-order valence-corrected chi connectivity index (χ2v) is 8.79. The lowest BCUT2D eigenvalue weighted by Crippen LogP contribution is -2.18. The Kier molecular flexibility index (Phi) is 7.31. The Morgan fingerprint density at radius 1 is 0.760 bits per heavy atom. The molecular formula is C23H38N2. The average molecular weight is 343 g/mol. The molecule has 0 amide bonds. The highest BCUT2D eigenvalue weighted by atomic mass is 14.9. The van der Waals surface area contributed by atoms with Crippen molar-refractivity contribution in [2.24, 2.45) is 17.8 Å². The summed E-state index contributed by atoms with van der Waals surface area (Å²) in [5.41, 5.74) is 1.29. The van der Waals surface area contributed by atoms with Crippen molar-refractivity contribution >= 4 is 0 Å². The van der Waals surface area contributed by atoms with Crippen LogP contribution in [0.3, 0.4) is 0 Å². The van der Waals surface area contributed by atoms with Crippen LogP contribution in [0.1, 0.15) is 108 Å². The average Bonchev–Trinajstić information content (AvgIpc) is 2.68. The first-order chi connectivity index (χ1) is 12.3. The Labute approximate surface area is 155 Å². The summed E-state index contributed by atoms with van der Waals surface area (Å²) in [5, 5.41) is 0. The smallest absolute Gasteiger partial charge is 0.131 e. The Balaban J connectivity index is 1.37. The highest BCUT2D eigenvalue weighted by molar-refractivity contribution is 5.08. The summed E-state index contributed by atoms with van der Waals surface area (Å²) in [5.74, 6) is 4.77. The van der Waals surface area contributed by atoms with Gasteiger partial charge >= 0.3 is 0 Å². The van der Waals surface area contributed by atoms with Crippen LogP contribution in [0, 0.1) is 17.8 Å². The zero-order valence-electron chi connectivity index (χ0n) is 16.6. The van der Waals surface area contributed by atoms with E-state index in [-0.39, 0.29) is 0 Å². The van der Waals surface area contributed by atoms with Gasteiger partial charge in [0.2, 0.25) is 0 Å². The summed E-state index contributed by atoms with van der Waals surface area (Å²) in [4.78, 5) is 9.34. The van der Waals surface area contributed by atoms with Gasteiger partial charge in [-0.1, -0.05) is 65.2 Å². The van der Waals surface area contributed by atoms with E-state index in [1.807, 2.05) is 0 Å². The molecule has 3 rings (SSSR count). The zero-order valence-corrected chi connectivity index (χ0v) is 16.6. The number of hydrogen-bond acceptors (Lipinski definition) is 2. The third-order valence-electron chi connectivity index (χ3n) is 7.00. The van der Waals surface area contributed by atoms with Crippen molar-refractivity contribution in [2.45, 2.75) is 103 Å². The maximum absolute atomic E-state index is 4.67. The minimum Gasteiger partial charge on any atom is -0.241 e. The Bertz CT molecular complexity index is 479. The third-order valence-corrected chi connectivity index (χ3v) is 7.00. The van der Waals surface area contributed by atoms with Gasteiger partial charge in [0.1, 0.15) is 5.82 Å². The maximum atomic E-state index is 4.67. The van der Waals surface area contributed by atoms with Crippen LogP contribution in [0.4, 0.5) is 0 Å². The van der Waals surface area contributed by atoms with E-state index in [0.717, 1.165) is 30.0 Å². The SMILES string of the molecule is CCCc1cnc(C2CCC(CC[C@H]3CC[C@H](CC)CC3)CC2)nc1. The van der Waals surface area contributed by atoms with Crippen molar-refractivity contribution in [2.75, 3.05) is 0 Å². The molecule has 140 valence electrons. The molecule has 0 atom stereocenters. The summed E-state index contributed by atoms with van der Waals surface area (Å²) in [6, 6.07) is 0. The van der Waals surface area contributed by atoms with E-state index in [0.29, 0.717) is 5.92 Å². The van der Waals surface area contributed by atoms with Gasteiger partial charge in [-0.2, -0.15) is 0 Å². The maximum Gasteiger partial charge on any atom is 0.131 e. The van der Waals surface area contributed by atoms with E-state index in [1.54, 1.807) is 0 Å². The van der Waals surface area contributed by atoms with Crippen molar-refractivity contribution in [3.8, 4) is 0 Å². The van der Waals surface area contributed by atoms with Crippen molar-refractivity contribution in [3.63, 3.8) is 0 Å². The standard InChI is InChI=1S/C23H38N2/c1-3-5-21-16-24-23(25-17-21)22-14-12-20(13-15-22)11-10-19-8-6-18(4-2)7-9-19/h16-20,22H,3-15H2,1-2H3/t18-,19-,20?,22?. The predicted molar refractivity (Wildman–Crippen MR) is 106 cm³/mol. The van der Waals surface area contributed by atoms with Gasteiger partial charge in [0.25, 0.3) is 0 Å². The highest BCUT2D eigenvalue weighted by Crippen LogP contribution is 2.39. The van der Waals surface area contributed by atoms with Crippen LogP contribution in [0.25, 0.3) is 0 Å². The van der Waals surface area contributed by atoms with E-state index in [1.165, 1.54) is 82.6 Å². The lowest BCUT2D eigenvalue weighted by atomic mass is 9.75. The molecule has 25 heavy (non-hydrogen) atoms. The fourth-order valence-corrected chi connectivity index (χ4v) is 5.10. The number of nitrogens with zero attached hydrogens (tertiary/aromatic N) is 2. The van der Waals surface area contributed by atoms with E-state index in [9.17, 15) is 0 Å². The molecule has 2 fully saturated rings. The summed E-state index contributed by atoms with van der Waals surface area (Å²) in [6.45, 7) is 4.58. The highest BCUT2D eigenvalue weighted by Gasteiger charge is 2.26. The molecule has 2 saturated carbocycles. The van der Waals surface area contributed by atoms with Gasteiger partial charge in [-0.05, 0) is 55.4 Å². The summed E-state index contributed by atoms with van der Waals surface area (Å²) < 4.78 is 0. The fraction of sp³-hybridized carbons (Fsp3) is 0.826. The summed E-state index contributed by atoms with van der Waals surface area (Å²) in [7, 11) is 0. The molecule has 2 aliphatic carbocycles. The molecular weight excluding hydrogens is 304 g/mol. The molecule has 1 aromatic rings. The Morgan fingerprint density at radius 3 is 1.80 bits per heavy atom. The van der Waals surface area contributed by atoms with E-state index in [2.05, 4.69) is 36.2 Å². The van der Waals surface area contributed by atoms with E-state index in [4.69, 9.17) is 0 Å². The number of aromatic nitrogens is 2. The molecule has 0 bridgehead atoms. The monoisotopic (exact) mass is 342 g/mol.